The Kier molecular flexibility index (Phi) is 13.5. The lowest BCUT2D eigenvalue weighted by Gasteiger charge is -2.49. The molecule has 9 nitrogen and oxygen atoms in total. The predicted molar refractivity (Wildman–Crippen MR) is 166 cm³/mol. The van der Waals surface area contributed by atoms with E-state index in [4.69, 9.17) is 30.5 Å². The third kappa shape index (κ3) is 9.71. The zero-order valence-corrected chi connectivity index (χ0v) is 27.0. The van der Waals surface area contributed by atoms with Gasteiger partial charge in [0.1, 0.15) is 13.2 Å². The number of aryl methyl sites for hydroxylation is 1. The number of hydrogen-bond acceptors (Lipinski definition) is 8. The lowest BCUT2D eigenvalue weighted by Crippen LogP contribution is -2.54. The quantitative estimate of drug-likeness (QED) is 0.182. The first-order chi connectivity index (χ1) is 20.4. The maximum atomic E-state index is 12.2. The molecule has 0 unspecified atom stereocenters. The van der Waals surface area contributed by atoms with Gasteiger partial charge in [0.05, 0.1) is 18.8 Å². The minimum Gasteiger partial charge on any atom is -0.446 e. The minimum atomic E-state index is -0.541. The maximum absolute atomic E-state index is 12.2. The SMILES string of the molecule is CCc1cc2c(s1)CCO[C@@]21CCN(CC2CC(NC(=O)OCCOC(=O)NCCOCCCCCCCl)C2)[C@@H](C)C1. The summed E-state index contributed by atoms with van der Waals surface area (Å²) in [5, 5.41) is 5.57. The van der Waals surface area contributed by atoms with Crippen molar-refractivity contribution in [2.45, 2.75) is 95.7 Å². The van der Waals surface area contributed by atoms with Crippen LogP contribution in [0, 0.1) is 5.92 Å². The number of halogens is 1. The van der Waals surface area contributed by atoms with Crippen LogP contribution in [0.4, 0.5) is 9.59 Å². The Labute approximate surface area is 260 Å². The van der Waals surface area contributed by atoms with E-state index in [0.29, 0.717) is 37.6 Å². The summed E-state index contributed by atoms with van der Waals surface area (Å²) in [6.07, 6.45) is 9.41. The normalized spacial score (nSPS) is 25.5. The van der Waals surface area contributed by atoms with Gasteiger partial charge in [-0.05, 0) is 69.4 Å². The van der Waals surface area contributed by atoms with Gasteiger partial charge in [-0.25, -0.2) is 9.59 Å². The number of alkyl carbamates (subject to hydrolysis) is 2. The zero-order chi connectivity index (χ0) is 29.8. The van der Waals surface area contributed by atoms with Gasteiger partial charge >= 0.3 is 12.2 Å². The third-order valence-corrected chi connectivity index (χ3v) is 10.4. The average molecular weight is 628 g/mol. The van der Waals surface area contributed by atoms with Crippen LogP contribution in [0.15, 0.2) is 6.07 Å². The molecule has 1 aliphatic carbocycles. The van der Waals surface area contributed by atoms with Gasteiger partial charge in [-0.15, -0.1) is 22.9 Å². The first-order valence-electron chi connectivity index (χ1n) is 15.9. The molecule has 3 heterocycles. The van der Waals surface area contributed by atoms with Gasteiger partial charge in [-0.3, -0.25) is 0 Å². The van der Waals surface area contributed by atoms with Crippen LogP contribution in [0.5, 0.6) is 0 Å². The Morgan fingerprint density at radius 1 is 1.12 bits per heavy atom. The van der Waals surface area contributed by atoms with E-state index in [0.717, 1.165) is 83.9 Å². The van der Waals surface area contributed by atoms with Gasteiger partial charge in [0.2, 0.25) is 0 Å². The van der Waals surface area contributed by atoms with Crippen molar-refractivity contribution in [2.75, 3.05) is 58.5 Å². The molecule has 2 amide bonds. The number of rotatable bonds is 16. The number of ether oxygens (including phenoxy) is 4. The second kappa shape index (κ2) is 17.0. The highest BCUT2D eigenvalue weighted by molar-refractivity contribution is 7.12. The number of nitrogens with zero attached hydrogens (tertiary/aromatic N) is 1. The maximum Gasteiger partial charge on any atom is 0.407 e. The molecule has 238 valence electrons. The van der Waals surface area contributed by atoms with Crippen LogP contribution in [-0.2, 0) is 37.4 Å². The largest absolute Gasteiger partial charge is 0.446 e. The van der Waals surface area contributed by atoms with E-state index in [1.165, 1.54) is 15.3 Å². The van der Waals surface area contributed by atoms with E-state index >= 15 is 0 Å². The lowest BCUT2D eigenvalue weighted by atomic mass is 9.76. The highest BCUT2D eigenvalue weighted by atomic mass is 35.5. The molecule has 1 saturated heterocycles. The van der Waals surface area contributed by atoms with Gasteiger partial charge in [0.15, 0.2) is 0 Å². The van der Waals surface area contributed by atoms with E-state index in [1.54, 1.807) is 0 Å². The number of piperidine rings is 1. The Balaban J connectivity index is 1.01. The number of thiophene rings is 1. The van der Waals surface area contributed by atoms with Gasteiger partial charge in [0.25, 0.3) is 0 Å². The number of alkyl halides is 1. The van der Waals surface area contributed by atoms with Gasteiger partial charge < -0.3 is 34.5 Å². The Morgan fingerprint density at radius 3 is 2.67 bits per heavy atom. The minimum absolute atomic E-state index is 0.0126. The van der Waals surface area contributed by atoms with E-state index in [1.807, 2.05) is 11.3 Å². The summed E-state index contributed by atoms with van der Waals surface area (Å²) in [6.45, 7) is 9.04. The summed E-state index contributed by atoms with van der Waals surface area (Å²) in [4.78, 5) is 29.5. The Bertz CT molecular complexity index is 990. The fourth-order valence-corrected chi connectivity index (χ4v) is 7.76. The van der Waals surface area contributed by atoms with Crippen LogP contribution in [0.1, 0.15) is 80.5 Å². The first-order valence-corrected chi connectivity index (χ1v) is 17.2. The molecule has 0 bridgehead atoms. The number of carbonyl (C=O) groups excluding carboxylic acids is 2. The third-order valence-electron chi connectivity index (χ3n) is 8.75. The van der Waals surface area contributed by atoms with Crippen LogP contribution in [-0.4, -0.2) is 87.7 Å². The van der Waals surface area contributed by atoms with Crippen LogP contribution in [0.2, 0.25) is 0 Å². The number of fused-ring (bicyclic) bond motifs is 2. The highest BCUT2D eigenvalue weighted by Crippen LogP contribution is 2.46. The Hall–Kier alpha value is -1.59. The summed E-state index contributed by atoms with van der Waals surface area (Å²) in [5.74, 6) is 1.28. The van der Waals surface area contributed by atoms with E-state index in [2.05, 4.69) is 35.4 Å². The monoisotopic (exact) mass is 627 g/mol. The number of unbranched alkanes of at least 4 members (excludes halogenated alkanes) is 3. The molecule has 0 radical (unpaired) electrons. The highest BCUT2D eigenvalue weighted by Gasteiger charge is 2.45. The van der Waals surface area contributed by atoms with Gasteiger partial charge in [-0.2, -0.15) is 0 Å². The average Bonchev–Trinajstić information content (AvgIpc) is 3.40. The van der Waals surface area contributed by atoms with Crippen LogP contribution in [0.3, 0.4) is 0 Å². The summed E-state index contributed by atoms with van der Waals surface area (Å²) in [7, 11) is 0. The Morgan fingerprint density at radius 2 is 1.90 bits per heavy atom. The molecule has 4 rings (SSSR count). The molecule has 0 aromatic carbocycles. The van der Waals surface area contributed by atoms with Crippen molar-refractivity contribution in [1.82, 2.24) is 15.5 Å². The van der Waals surface area contributed by atoms with E-state index < -0.39 is 12.2 Å². The fourth-order valence-electron chi connectivity index (χ4n) is 6.39. The number of carbonyl (C=O) groups is 2. The summed E-state index contributed by atoms with van der Waals surface area (Å²) < 4.78 is 22.2. The molecule has 1 saturated carbocycles. The summed E-state index contributed by atoms with van der Waals surface area (Å²) >= 11 is 7.63. The van der Waals surface area contributed by atoms with Crippen LogP contribution in [0.25, 0.3) is 0 Å². The zero-order valence-electron chi connectivity index (χ0n) is 25.4. The van der Waals surface area contributed by atoms with Crippen molar-refractivity contribution in [1.29, 1.82) is 0 Å². The number of hydrogen-bond donors (Lipinski definition) is 2. The molecular weight excluding hydrogens is 578 g/mol. The van der Waals surface area contributed by atoms with Crippen molar-refractivity contribution < 1.29 is 28.5 Å². The number of nitrogens with one attached hydrogen (secondary N) is 2. The fraction of sp³-hybridized carbons (Fsp3) is 0.806. The van der Waals surface area contributed by atoms with Crippen molar-refractivity contribution in [3.05, 3.63) is 21.4 Å². The van der Waals surface area contributed by atoms with Crippen molar-refractivity contribution in [3.8, 4) is 0 Å². The molecule has 2 aliphatic heterocycles. The van der Waals surface area contributed by atoms with Crippen molar-refractivity contribution in [2.24, 2.45) is 5.92 Å². The number of likely N-dealkylation sites (tertiary alicyclic amines) is 1. The van der Waals surface area contributed by atoms with Crippen LogP contribution >= 0.6 is 22.9 Å². The molecule has 2 N–H and O–H groups in total. The van der Waals surface area contributed by atoms with Crippen molar-refractivity contribution in [3.63, 3.8) is 0 Å². The second-order valence-corrected chi connectivity index (χ2v) is 13.5. The number of amides is 2. The second-order valence-electron chi connectivity index (χ2n) is 11.9. The molecule has 2 fully saturated rings. The van der Waals surface area contributed by atoms with E-state index in [-0.39, 0.29) is 24.9 Å². The molecular formula is C31H50ClN3O6S. The summed E-state index contributed by atoms with van der Waals surface area (Å²) in [5.41, 5.74) is 1.36. The van der Waals surface area contributed by atoms with Crippen molar-refractivity contribution >= 4 is 35.1 Å². The molecule has 1 aromatic heterocycles. The van der Waals surface area contributed by atoms with Crippen LogP contribution < -0.4 is 10.6 Å². The molecule has 2 atom stereocenters. The lowest BCUT2D eigenvalue weighted by molar-refractivity contribution is -0.114. The standard InChI is InChI=1S/C31H50ClN3O6S/c1-3-26-20-27-28(42-26)8-14-41-31(27)9-12-35(23(2)21-31)22-24-18-25(19-24)34-30(37)40-17-16-39-29(36)33-11-15-38-13-7-5-4-6-10-32/h20,23-25H,3-19,21-22H2,1-2H3,(H,33,36)(H,34,37)/t23-,24?,25?,31+/m0/s1. The molecule has 1 aromatic rings. The van der Waals surface area contributed by atoms with Gasteiger partial charge in [0, 0.05) is 60.4 Å². The molecule has 11 heteroatoms. The summed E-state index contributed by atoms with van der Waals surface area (Å²) in [6, 6.07) is 3.02. The van der Waals surface area contributed by atoms with Gasteiger partial charge in [-0.1, -0.05) is 19.8 Å². The molecule has 1 spiro atoms. The molecule has 42 heavy (non-hydrogen) atoms. The predicted octanol–water partition coefficient (Wildman–Crippen LogP) is 5.61. The topological polar surface area (TPSA) is 98.4 Å². The smallest absolute Gasteiger partial charge is 0.407 e. The van der Waals surface area contributed by atoms with E-state index in [9.17, 15) is 9.59 Å². The molecule has 3 aliphatic rings. The first kappa shape index (κ1) is 33.3.